The van der Waals surface area contributed by atoms with Crippen LogP contribution in [0.4, 0.5) is 11.5 Å². The van der Waals surface area contributed by atoms with Gasteiger partial charge in [0.25, 0.3) is 0 Å². The molecule has 1 N–H and O–H groups in total. The number of aromatic nitrogens is 2. The number of carboxylic acids is 1. The fourth-order valence-electron chi connectivity index (χ4n) is 3.04. The smallest absolute Gasteiger partial charge is 0.335 e. The molecule has 2 aromatic carbocycles. The molecule has 0 saturated carbocycles. The van der Waals surface area contributed by atoms with Crippen LogP contribution >= 0.6 is 0 Å². The zero-order valence-electron chi connectivity index (χ0n) is 12.4. The van der Waals surface area contributed by atoms with E-state index in [-0.39, 0.29) is 5.56 Å². The molecule has 1 aliphatic heterocycles. The number of para-hydroxylation sites is 1. The molecular weight excluding hydrogens is 290 g/mol. The topological polar surface area (TPSA) is 66.3 Å². The van der Waals surface area contributed by atoms with Gasteiger partial charge < -0.3 is 10.0 Å². The number of rotatable bonds is 2. The molecule has 23 heavy (non-hydrogen) atoms. The summed E-state index contributed by atoms with van der Waals surface area (Å²) in [7, 11) is 0. The van der Waals surface area contributed by atoms with E-state index in [1.807, 2.05) is 6.07 Å². The van der Waals surface area contributed by atoms with E-state index < -0.39 is 5.97 Å². The van der Waals surface area contributed by atoms with Crippen LogP contribution in [0, 0.1) is 0 Å². The molecule has 3 aromatic rings. The summed E-state index contributed by atoms with van der Waals surface area (Å²) in [6.07, 6.45) is 3.88. The highest BCUT2D eigenvalue weighted by Gasteiger charge is 2.19. The van der Waals surface area contributed by atoms with Crippen LogP contribution < -0.4 is 4.90 Å². The predicted molar refractivity (Wildman–Crippen MR) is 88.3 cm³/mol. The van der Waals surface area contributed by atoms with Crippen LogP contribution in [0.25, 0.3) is 11.0 Å². The van der Waals surface area contributed by atoms with Crippen LogP contribution in [0.1, 0.15) is 22.3 Å². The number of hydrogen-bond donors (Lipinski definition) is 1. The summed E-state index contributed by atoms with van der Waals surface area (Å²) in [6, 6.07) is 13.2. The number of aryl methyl sites for hydroxylation is 1. The molecule has 5 heteroatoms. The molecule has 0 radical (unpaired) electrons. The summed E-state index contributed by atoms with van der Waals surface area (Å²) in [5, 5.41) is 9.06. The third-order valence-electron chi connectivity index (χ3n) is 4.16. The molecule has 4 rings (SSSR count). The summed E-state index contributed by atoms with van der Waals surface area (Å²) in [5.41, 5.74) is 4.02. The van der Waals surface area contributed by atoms with Gasteiger partial charge in [-0.25, -0.2) is 9.78 Å². The van der Waals surface area contributed by atoms with Crippen LogP contribution in [0.5, 0.6) is 0 Å². The number of benzene rings is 2. The summed E-state index contributed by atoms with van der Waals surface area (Å²) < 4.78 is 0. The Hall–Kier alpha value is -2.95. The minimum Gasteiger partial charge on any atom is -0.478 e. The lowest BCUT2D eigenvalue weighted by molar-refractivity contribution is 0.0697. The van der Waals surface area contributed by atoms with Crippen LogP contribution in [0.15, 0.2) is 48.7 Å². The molecule has 0 bridgehead atoms. The highest BCUT2D eigenvalue weighted by Crippen LogP contribution is 2.32. The van der Waals surface area contributed by atoms with Gasteiger partial charge in [0.2, 0.25) is 0 Å². The lowest BCUT2D eigenvalue weighted by Gasteiger charge is -2.30. The first-order valence-electron chi connectivity index (χ1n) is 7.58. The number of aromatic carboxylic acids is 1. The summed E-state index contributed by atoms with van der Waals surface area (Å²) in [5.74, 6) is -0.157. The fourth-order valence-corrected chi connectivity index (χ4v) is 3.04. The molecule has 0 spiro atoms. The Morgan fingerprint density at radius 1 is 1.13 bits per heavy atom. The number of carboxylic acid groups (broad SMARTS) is 1. The second-order valence-electron chi connectivity index (χ2n) is 5.62. The van der Waals surface area contributed by atoms with E-state index in [0.717, 1.165) is 25.2 Å². The number of nitrogens with zero attached hydrogens (tertiary/aromatic N) is 3. The Labute approximate surface area is 133 Å². The van der Waals surface area contributed by atoms with Gasteiger partial charge in [0.05, 0.1) is 22.8 Å². The molecule has 1 aromatic heterocycles. The van der Waals surface area contributed by atoms with Crippen LogP contribution in [0.3, 0.4) is 0 Å². The molecule has 0 fully saturated rings. The van der Waals surface area contributed by atoms with Crippen molar-refractivity contribution in [1.29, 1.82) is 0 Å². The fraction of sp³-hybridized carbons (Fsp3) is 0.167. The first kappa shape index (κ1) is 13.7. The second-order valence-corrected chi connectivity index (χ2v) is 5.62. The van der Waals surface area contributed by atoms with Crippen molar-refractivity contribution in [1.82, 2.24) is 9.97 Å². The van der Waals surface area contributed by atoms with Crippen molar-refractivity contribution in [3.05, 3.63) is 59.8 Å². The van der Waals surface area contributed by atoms with E-state index in [1.54, 1.807) is 24.4 Å². The van der Waals surface area contributed by atoms with Gasteiger partial charge in [-0.15, -0.1) is 0 Å². The van der Waals surface area contributed by atoms with Crippen molar-refractivity contribution >= 4 is 28.5 Å². The molecule has 0 atom stereocenters. The van der Waals surface area contributed by atoms with Gasteiger partial charge in [-0.05, 0) is 42.7 Å². The lowest BCUT2D eigenvalue weighted by Crippen LogP contribution is -2.25. The average molecular weight is 305 g/mol. The lowest BCUT2D eigenvalue weighted by atomic mass is 10.0. The minimum absolute atomic E-state index is 0.225. The third-order valence-corrected chi connectivity index (χ3v) is 4.16. The van der Waals surface area contributed by atoms with E-state index in [0.29, 0.717) is 11.0 Å². The van der Waals surface area contributed by atoms with Crippen molar-refractivity contribution < 1.29 is 9.90 Å². The van der Waals surface area contributed by atoms with Crippen molar-refractivity contribution in [2.45, 2.75) is 12.8 Å². The molecule has 1 aliphatic rings. The Balaban J connectivity index is 1.78. The molecule has 114 valence electrons. The summed E-state index contributed by atoms with van der Waals surface area (Å²) in [6.45, 7) is 0.907. The van der Waals surface area contributed by atoms with E-state index in [4.69, 9.17) is 5.11 Å². The zero-order chi connectivity index (χ0) is 15.8. The maximum Gasteiger partial charge on any atom is 0.335 e. The highest BCUT2D eigenvalue weighted by molar-refractivity contribution is 5.92. The number of hydrogen-bond acceptors (Lipinski definition) is 4. The Bertz CT molecular complexity index is 908. The zero-order valence-corrected chi connectivity index (χ0v) is 12.4. The first-order valence-corrected chi connectivity index (χ1v) is 7.58. The maximum atomic E-state index is 11.0. The SMILES string of the molecule is O=C(O)c1ccc2nc(N3CCCc4ccccc43)cnc2c1. The standard InChI is InChI=1S/C18H15N3O2/c22-18(23)13-7-8-14-15(10-13)19-11-17(20-14)21-9-3-5-12-4-1-2-6-16(12)21/h1-2,4,6-8,10-11H,3,5,9H2,(H,22,23). The van der Waals surface area contributed by atoms with Crippen molar-refractivity contribution in [2.24, 2.45) is 0 Å². The van der Waals surface area contributed by atoms with E-state index in [1.165, 1.54) is 11.3 Å². The van der Waals surface area contributed by atoms with E-state index in [2.05, 4.69) is 33.1 Å². The molecular formula is C18H15N3O2. The molecule has 0 amide bonds. The number of fused-ring (bicyclic) bond motifs is 2. The largest absolute Gasteiger partial charge is 0.478 e. The summed E-state index contributed by atoms with van der Waals surface area (Å²) in [4.78, 5) is 22.3. The monoisotopic (exact) mass is 305 g/mol. The molecule has 0 unspecified atom stereocenters. The molecule has 5 nitrogen and oxygen atoms in total. The van der Waals surface area contributed by atoms with Gasteiger partial charge in [0, 0.05) is 12.2 Å². The minimum atomic E-state index is -0.956. The van der Waals surface area contributed by atoms with Crippen LogP contribution in [-0.4, -0.2) is 27.6 Å². The Morgan fingerprint density at radius 3 is 2.87 bits per heavy atom. The van der Waals surface area contributed by atoms with Gasteiger partial charge in [-0.2, -0.15) is 0 Å². The van der Waals surface area contributed by atoms with E-state index in [9.17, 15) is 4.79 Å². The van der Waals surface area contributed by atoms with Crippen molar-refractivity contribution in [2.75, 3.05) is 11.4 Å². The Kier molecular flexibility index (Phi) is 3.19. The highest BCUT2D eigenvalue weighted by atomic mass is 16.4. The van der Waals surface area contributed by atoms with Crippen molar-refractivity contribution in [3.8, 4) is 0 Å². The first-order chi connectivity index (χ1) is 11.2. The van der Waals surface area contributed by atoms with Crippen molar-refractivity contribution in [3.63, 3.8) is 0 Å². The van der Waals surface area contributed by atoms with Gasteiger partial charge in [-0.3, -0.25) is 4.98 Å². The molecule has 2 heterocycles. The number of anilines is 2. The molecule has 0 aliphatic carbocycles. The van der Waals surface area contributed by atoms with Gasteiger partial charge >= 0.3 is 5.97 Å². The van der Waals surface area contributed by atoms with Gasteiger partial charge in [0.1, 0.15) is 0 Å². The van der Waals surface area contributed by atoms with Gasteiger partial charge in [-0.1, -0.05) is 18.2 Å². The molecule has 0 saturated heterocycles. The average Bonchev–Trinajstić information content (AvgIpc) is 2.60. The second kappa shape index (κ2) is 5.35. The van der Waals surface area contributed by atoms with Crippen LogP contribution in [-0.2, 0) is 6.42 Å². The van der Waals surface area contributed by atoms with Gasteiger partial charge in [0.15, 0.2) is 5.82 Å². The normalized spacial score (nSPS) is 13.8. The quantitative estimate of drug-likeness (QED) is 0.786. The maximum absolute atomic E-state index is 11.0. The number of carbonyl (C=O) groups is 1. The summed E-state index contributed by atoms with van der Waals surface area (Å²) >= 11 is 0. The third kappa shape index (κ3) is 2.40. The Morgan fingerprint density at radius 2 is 2.00 bits per heavy atom. The van der Waals surface area contributed by atoms with E-state index >= 15 is 0 Å². The van der Waals surface area contributed by atoms with Crippen LogP contribution in [0.2, 0.25) is 0 Å². The predicted octanol–water partition coefficient (Wildman–Crippen LogP) is 3.41.